The molecule has 0 spiro atoms. The smallest absolute Gasteiger partial charge is 0.409 e. The van der Waals surface area contributed by atoms with Gasteiger partial charge in [-0.05, 0) is 76.6 Å². The lowest BCUT2D eigenvalue weighted by Gasteiger charge is -2.34. The van der Waals surface area contributed by atoms with Gasteiger partial charge < -0.3 is 25.0 Å². The lowest BCUT2D eigenvalue weighted by atomic mass is 9.86. The molecule has 0 aliphatic carbocycles. The van der Waals surface area contributed by atoms with Gasteiger partial charge in [0.15, 0.2) is 0 Å². The van der Waals surface area contributed by atoms with Crippen LogP contribution in [0.3, 0.4) is 0 Å². The van der Waals surface area contributed by atoms with Crippen LogP contribution in [0, 0.1) is 0 Å². The van der Waals surface area contributed by atoms with Crippen molar-refractivity contribution < 1.29 is 24.2 Å². The molecule has 0 aromatic heterocycles. The molecule has 0 atom stereocenters. The molecule has 0 radical (unpaired) electrons. The number of amides is 3. The Kier molecular flexibility index (Phi) is 12.0. The van der Waals surface area contributed by atoms with Crippen molar-refractivity contribution in [3.8, 4) is 11.1 Å². The van der Waals surface area contributed by atoms with Gasteiger partial charge in [0, 0.05) is 38.7 Å². The van der Waals surface area contributed by atoms with Crippen molar-refractivity contribution >= 4 is 23.8 Å². The number of carbonyl (C=O) groups excluding carboxylic acids is 2. The summed E-state index contributed by atoms with van der Waals surface area (Å²) in [7, 11) is 1.86. The van der Waals surface area contributed by atoms with Crippen molar-refractivity contribution in [1.82, 2.24) is 15.1 Å². The van der Waals surface area contributed by atoms with Crippen LogP contribution >= 0.6 is 0 Å². The van der Waals surface area contributed by atoms with E-state index < -0.39 is 17.8 Å². The van der Waals surface area contributed by atoms with Gasteiger partial charge in [0.1, 0.15) is 5.60 Å². The zero-order chi connectivity index (χ0) is 29.8. The van der Waals surface area contributed by atoms with Gasteiger partial charge >= 0.3 is 12.2 Å². The summed E-state index contributed by atoms with van der Waals surface area (Å²) in [6.07, 6.45) is 3.37. The maximum Gasteiger partial charge on any atom is 0.409 e. The Hall–Kier alpha value is -3.59. The van der Waals surface area contributed by atoms with Gasteiger partial charge in [-0.15, -0.1) is 0 Å². The van der Waals surface area contributed by atoms with E-state index in [1.165, 1.54) is 0 Å². The Morgan fingerprint density at radius 1 is 1.00 bits per heavy atom. The number of carboxylic acid groups (broad SMARTS) is 1. The number of benzene rings is 2. The van der Waals surface area contributed by atoms with Gasteiger partial charge in [0.2, 0.25) is 5.91 Å². The molecule has 9 nitrogen and oxygen atoms in total. The molecule has 0 saturated carbocycles. The molecule has 3 amide bonds. The Bertz CT molecular complexity index is 1140. The van der Waals surface area contributed by atoms with Crippen LogP contribution < -0.4 is 10.6 Å². The summed E-state index contributed by atoms with van der Waals surface area (Å²) in [6.45, 7) is 9.34. The number of para-hydroxylation sites is 1. The van der Waals surface area contributed by atoms with Crippen LogP contribution in [-0.4, -0.2) is 78.4 Å². The van der Waals surface area contributed by atoms with E-state index in [0.29, 0.717) is 25.2 Å². The van der Waals surface area contributed by atoms with E-state index in [-0.39, 0.29) is 11.8 Å². The summed E-state index contributed by atoms with van der Waals surface area (Å²) in [6, 6.07) is 15.9. The first-order chi connectivity index (χ1) is 19.5. The van der Waals surface area contributed by atoms with Crippen LogP contribution in [0.2, 0.25) is 0 Å². The third kappa shape index (κ3) is 10.7. The Morgan fingerprint density at radius 2 is 1.71 bits per heavy atom. The molecule has 9 heteroatoms. The Balaban J connectivity index is 1.40. The third-order valence-electron chi connectivity index (χ3n) is 7.35. The number of likely N-dealkylation sites (tertiary alicyclic amines) is 1. The Morgan fingerprint density at radius 3 is 2.37 bits per heavy atom. The number of likely N-dealkylation sites (N-methyl/N-ethyl adjacent to an activating group) is 1. The molecule has 0 bridgehead atoms. The molecule has 0 unspecified atom stereocenters. The van der Waals surface area contributed by atoms with Gasteiger partial charge in [0.05, 0.1) is 5.69 Å². The summed E-state index contributed by atoms with van der Waals surface area (Å²) >= 11 is 0. The predicted molar refractivity (Wildman–Crippen MR) is 162 cm³/mol. The molecule has 224 valence electrons. The van der Waals surface area contributed by atoms with Crippen molar-refractivity contribution in [2.75, 3.05) is 45.1 Å². The highest BCUT2D eigenvalue weighted by molar-refractivity contribution is 5.92. The standard InChI is InChI=1S/C32H46N4O5/c1-32(2,3)41-31(40)33-19-10-6-9-16-28(37)35(4)22-23-36-20-17-25(18-21-36)27-15-11-14-26(29(27)34-30(38)39)24-12-7-5-8-13-24/h5,7-8,11-15,25,34H,6,9-10,16-23H2,1-4H3,(H,33,40)(H,38,39). The van der Waals surface area contributed by atoms with Crippen molar-refractivity contribution in [1.29, 1.82) is 0 Å². The van der Waals surface area contributed by atoms with Crippen molar-refractivity contribution in [3.63, 3.8) is 0 Å². The molecule has 1 aliphatic rings. The van der Waals surface area contributed by atoms with E-state index >= 15 is 0 Å². The summed E-state index contributed by atoms with van der Waals surface area (Å²) in [5.41, 5.74) is 3.10. The van der Waals surface area contributed by atoms with Crippen molar-refractivity contribution in [3.05, 3.63) is 54.1 Å². The minimum atomic E-state index is -1.06. The monoisotopic (exact) mass is 566 g/mol. The van der Waals surface area contributed by atoms with Crippen LogP contribution in [0.25, 0.3) is 11.1 Å². The molecule has 1 aliphatic heterocycles. The van der Waals surface area contributed by atoms with E-state index in [4.69, 9.17) is 4.74 Å². The minimum Gasteiger partial charge on any atom is -0.465 e. The van der Waals surface area contributed by atoms with Crippen LogP contribution in [-0.2, 0) is 9.53 Å². The first kappa shape index (κ1) is 31.9. The normalized spacial score (nSPS) is 14.3. The van der Waals surface area contributed by atoms with E-state index in [9.17, 15) is 19.5 Å². The van der Waals surface area contributed by atoms with Gasteiger partial charge in [-0.25, -0.2) is 9.59 Å². The van der Waals surface area contributed by atoms with E-state index in [1.807, 2.05) is 81.2 Å². The number of carbonyl (C=O) groups is 3. The predicted octanol–water partition coefficient (Wildman–Crippen LogP) is 6.17. The minimum absolute atomic E-state index is 0.141. The maximum absolute atomic E-state index is 12.6. The lowest BCUT2D eigenvalue weighted by molar-refractivity contribution is -0.130. The van der Waals surface area contributed by atoms with Gasteiger partial charge in [-0.3, -0.25) is 10.1 Å². The molecule has 1 saturated heterocycles. The number of rotatable bonds is 12. The molecule has 1 heterocycles. The molecule has 41 heavy (non-hydrogen) atoms. The van der Waals surface area contributed by atoms with E-state index in [2.05, 4.69) is 15.5 Å². The van der Waals surface area contributed by atoms with Crippen LogP contribution in [0.1, 0.15) is 70.8 Å². The first-order valence-corrected chi connectivity index (χ1v) is 14.6. The summed E-state index contributed by atoms with van der Waals surface area (Å²) in [5, 5.41) is 15.0. The number of hydrogen-bond donors (Lipinski definition) is 3. The first-order valence-electron chi connectivity index (χ1n) is 14.6. The summed E-state index contributed by atoms with van der Waals surface area (Å²) in [4.78, 5) is 40.1. The SMILES string of the molecule is CN(CCN1CCC(c2cccc(-c3ccccc3)c2NC(=O)O)CC1)C(=O)CCCCCNC(=O)OC(C)(C)C. The molecular formula is C32H46N4O5. The molecule has 2 aromatic carbocycles. The summed E-state index contributed by atoms with van der Waals surface area (Å²) in [5.74, 6) is 0.406. The fraction of sp³-hybridized carbons (Fsp3) is 0.531. The molecule has 3 N–H and O–H groups in total. The average Bonchev–Trinajstić information content (AvgIpc) is 2.93. The third-order valence-corrected chi connectivity index (χ3v) is 7.35. The Labute approximate surface area is 244 Å². The molecule has 1 fully saturated rings. The number of unbranched alkanes of at least 4 members (excludes halogenated alkanes) is 2. The number of alkyl carbamates (subject to hydrolysis) is 1. The fourth-order valence-corrected chi connectivity index (χ4v) is 5.17. The molecular weight excluding hydrogens is 520 g/mol. The molecule has 2 aromatic rings. The zero-order valence-electron chi connectivity index (χ0n) is 24.9. The number of hydrogen-bond acceptors (Lipinski definition) is 5. The largest absolute Gasteiger partial charge is 0.465 e. The van der Waals surface area contributed by atoms with Crippen LogP contribution in [0.15, 0.2) is 48.5 Å². The van der Waals surface area contributed by atoms with E-state index in [0.717, 1.165) is 68.4 Å². The van der Waals surface area contributed by atoms with Crippen LogP contribution in [0.4, 0.5) is 15.3 Å². The van der Waals surface area contributed by atoms with Gasteiger partial charge in [-0.2, -0.15) is 0 Å². The fourth-order valence-electron chi connectivity index (χ4n) is 5.17. The molecule has 3 rings (SSSR count). The maximum atomic E-state index is 12.6. The van der Waals surface area contributed by atoms with Crippen molar-refractivity contribution in [2.24, 2.45) is 0 Å². The number of piperidine rings is 1. The highest BCUT2D eigenvalue weighted by Gasteiger charge is 2.25. The van der Waals surface area contributed by atoms with E-state index in [1.54, 1.807) is 0 Å². The topological polar surface area (TPSA) is 111 Å². The average molecular weight is 567 g/mol. The highest BCUT2D eigenvalue weighted by atomic mass is 16.6. The number of nitrogens with zero attached hydrogens (tertiary/aromatic N) is 2. The number of anilines is 1. The quantitative estimate of drug-likeness (QED) is 0.265. The second kappa shape index (κ2) is 15.4. The number of ether oxygens (including phenoxy) is 1. The highest BCUT2D eigenvalue weighted by Crippen LogP contribution is 2.39. The number of nitrogens with one attached hydrogen (secondary N) is 2. The van der Waals surface area contributed by atoms with Gasteiger partial charge in [-0.1, -0.05) is 55.0 Å². The van der Waals surface area contributed by atoms with Gasteiger partial charge in [0.25, 0.3) is 0 Å². The summed E-state index contributed by atoms with van der Waals surface area (Å²) < 4.78 is 5.22. The second-order valence-corrected chi connectivity index (χ2v) is 11.7. The second-order valence-electron chi connectivity index (χ2n) is 11.7. The van der Waals surface area contributed by atoms with Crippen LogP contribution in [0.5, 0.6) is 0 Å². The zero-order valence-corrected chi connectivity index (χ0v) is 24.9. The van der Waals surface area contributed by atoms with Crippen molar-refractivity contribution in [2.45, 2.75) is 70.8 Å². The lowest BCUT2D eigenvalue weighted by Crippen LogP contribution is -2.40.